The Balaban J connectivity index is 0.00000161. The lowest BCUT2D eigenvalue weighted by Crippen LogP contribution is -3.00. The SMILES string of the molecule is Cc1ccc(NC(=O)C[N+]23CCN(CC2)CC3)c(Br)c1.[Cl-]. The zero-order chi connectivity index (χ0) is 14.2. The number of carbonyl (C=O) groups excluding carboxylic acids is 1. The Hall–Kier alpha value is -0.620. The summed E-state index contributed by atoms with van der Waals surface area (Å²) in [6.45, 7) is 9.41. The van der Waals surface area contributed by atoms with Crippen LogP contribution in [0, 0.1) is 6.92 Å². The van der Waals surface area contributed by atoms with Gasteiger partial charge in [-0.2, -0.15) is 0 Å². The molecular formula is C15H21BrClN3O. The van der Waals surface area contributed by atoms with Gasteiger partial charge in [-0.25, -0.2) is 0 Å². The van der Waals surface area contributed by atoms with E-state index >= 15 is 0 Å². The number of piperazine rings is 3. The lowest BCUT2D eigenvalue weighted by atomic mass is 10.1. The van der Waals surface area contributed by atoms with Crippen molar-refractivity contribution in [2.45, 2.75) is 6.92 Å². The molecule has 4 rings (SSSR count). The second kappa shape index (κ2) is 6.65. The first-order valence-electron chi connectivity index (χ1n) is 7.20. The highest BCUT2D eigenvalue weighted by Crippen LogP contribution is 2.24. The van der Waals surface area contributed by atoms with Crippen LogP contribution >= 0.6 is 15.9 Å². The first-order chi connectivity index (χ1) is 9.56. The maximum atomic E-state index is 12.3. The minimum atomic E-state index is 0. The Kier molecular flexibility index (Phi) is 5.30. The van der Waals surface area contributed by atoms with E-state index in [0.717, 1.165) is 53.9 Å². The predicted octanol–water partition coefficient (Wildman–Crippen LogP) is -1.15. The second-order valence-corrected chi connectivity index (χ2v) is 6.90. The highest BCUT2D eigenvalue weighted by atomic mass is 79.9. The number of nitrogens with one attached hydrogen (secondary N) is 1. The van der Waals surface area contributed by atoms with E-state index in [2.05, 4.69) is 26.1 Å². The Morgan fingerprint density at radius 1 is 1.29 bits per heavy atom. The van der Waals surface area contributed by atoms with E-state index in [1.807, 2.05) is 25.1 Å². The third-order valence-electron chi connectivity index (χ3n) is 4.55. The molecule has 3 aliphatic heterocycles. The molecule has 0 aliphatic carbocycles. The minimum absolute atomic E-state index is 0. The van der Waals surface area contributed by atoms with Crippen molar-refractivity contribution in [3.63, 3.8) is 0 Å². The van der Waals surface area contributed by atoms with Crippen LogP contribution in [-0.4, -0.2) is 61.1 Å². The van der Waals surface area contributed by atoms with Gasteiger partial charge in [0.05, 0.1) is 25.3 Å². The summed E-state index contributed by atoms with van der Waals surface area (Å²) in [5, 5.41) is 3.05. The molecule has 0 saturated carbocycles. The molecule has 0 atom stereocenters. The lowest BCUT2D eigenvalue weighted by Gasteiger charge is -2.50. The molecule has 1 N–H and O–H groups in total. The zero-order valence-electron chi connectivity index (χ0n) is 12.2. The molecular weight excluding hydrogens is 354 g/mol. The zero-order valence-corrected chi connectivity index (χ0v) is 14.6. The fourth-order valence-corrected chi connectivity index (χ4v) is 3.78. The van der Waals surface area contributed by atoms with Crippen LogP contribution in [0.1, 0.15) is 5.56 Å². The Labute approximate surface area is 140 Å². The molecule has 0 aromatic heterocycles. The minimum Gasteiger partial charge on any atom is -1.00 e. The van der Waals surface area contributed by atoms with Crippen LogP contribution in [0.15, 0.2) is 22.7 Å². The molecule has 21 heavy (non-hydrogen) atoms. The topological polar surface area (TPSA) is 32.3 Å². The maximum absolute atomic E-state index is 12.3. The van der Waals surface area contributed by atoms with Crippen LogP contribution in [0.4, 0.5) is 5.69 Å². The van der Waals surface area contributed by atoms with Crippen molar-refractivity contribution in [3.8, 4) is 0 Å². The van der Waals surface area contributed by atoms with Crippen LogP contribution in [0.2, 0.25) is 0 Å². The van der Waals surface area contributed by atoms with Gasteiger partial charge < -0.3 is 22.2 Å². The molecule has 6 heteroatoms. The molecule has 0 unspecified atom stereocenters. The summed E-state index contributed by atoms with van der Waals surface area (Å²) in [6, 6.07) is 6.01. The van der Waals surface area contributed by atoms with E-state index in [0.29, 0.717) is 6.54 Å². The van der Waals surface area contributed by atoms with Crippen molar-refractivity contribution in [2.75, 3.05) is 51.1 Å². The van der Waals surface area contributed by atoms with E-state index in [1.165, 1.54) is 5.56 Å². The molecule has 0 radical (unpaired) electrons. The molecule has 3 saturated heterocycles. The van der Waals surface area contributed by atoms with Gasteiger partial charge in [0.2, 0.25) is 0 Å². The van der Waals surface area contributed by atoms with Crippen molar-refractivity contribution < 1.29 is 21.7 Å². The van der Waals surface area contributed by atoms with Crippen molar-refractivity contribution in [1.82, 2.24) is 4.90 Å². The highest BCUT2D eigenvalue weighted by molar-refractivity contribution is 9.10. The van der Waals surface area contributed by atoms with E-state index in [9.17, 15) is 4.79 Å². The maximum Gasteiger partial charge on any atom is 0.279 e. The van der Waals surface area contributed by atoms with Gasteiger partial charge >= 0.3 is 0 Å². The molecule has 1 aromatic rings. The Morgan fingerprint density at radius 2 is 1.90 bits per heavy atom. The number of halogens is 2. The number of carbonyl (C=O) groups is 1. The quantitative estimate of drug-likeness (QED) is 0.678. The van der Waals surface area contributed by atoms with Gasteiger partial charge in [-0.05, 0) is 40.5 Å². The molecule has 116 valence electrons. The van der Waals surface area contributed by atoms with Crippen molar-refractivity contribution in [2.24, 2.45) is 0 Å². The van der Waals surface area contributed by atoms with Gasteiger partial charge in [0, 0.05) is 24.1 Å². The summed E-state index contributed by atoms with van der Waals surface area (Å²) < 4.78 is 1.92. The van der Waals surface area contributed by atoms with Crippen molar-refractivity contribution >= 4 is 27.5 Å². The Morgan fingerprint density at radius 3 is 2.48 bits per heavy atom. The van der Waals surface area contributed by atoms with E-state index < -0.39 is 0 Å². The molecule has 4 nitrogen and oxygen atoms in total. The number of rotatable bonds is 3. The van der Waals surface area contributed by atoms with Gasteiger partial charge in [0.1, 0.15) is 0 Å². The van der Waals surface area contributed by atoms with Gasteiger partial charge in [0.25, 0.3) is 5.91 Å². The summed E-state index contributed by atoms with van der Waals surface area (Å²) in [5.41, 5.74) is 2.05. The number of amides is 1. The first-order valence-corrected chi connectivity index (χ1v) is 7.99. The fourth-order valence-electron chi connectivity index (χ4n) is 3.18. The average Bonchev–Trinajstić information content (AvgIpc) is 2.43. The first kappa shape index (κ1) is 16.7. The van der Waals surface area contributed by atoms with Crippen molar-refractivity contribution in [3.05, 3.63) is 28.2 Å². The summed E-state index contributed by atoms with van der Waals surface area (Å²) in [4.78, 5) is 14.8. The highest BCUT2D eigenvalue weighted by Gasteiger charge is 2.39. The number of hydrogen-bond donors (Lipinski definition) is 1. The number of fused-ring (bicyclic) bond motifs is 3. The second-order valence-electron chi connectivity index (χ2n) is 6.04. The molecule has 2 bridgehead atoms. The normalized spacial score (nSPS) is 27.0. The third kappa shape index (κ3) is 3.77. The lowest BCUT2D eigenvalue weighted by molar-refractivity contribution is -0.933. The van der Waals surface area contributed by atoms with E-state index in [-0.39, 0.29) is 18.3 Å². The largest absolute Gasteiger partial charge is 1.00 e. The number of quaternary nitrogens is 1. The summed E-state index contributed by atoms with van der Waals surface area (Å²) in [5.74, 6) is 0.130. The van der Waals surface area contributed by atoms with Gasteiger partial charge in [-0.1, -0.05) is 6.07 Å². The summed E-state index contributed by atoms with van der Waals surface area (Å²) in [7, 11) is 0. The number of nitrogens with zero attached hydrogens (tertiary/aromatic N) is 2. The van der Waals surface area contributed by atoms with Crippen LogP contribution in [0.5, 0.6) is 0 Å². The number of hydrogen-bond acceptors (Lipinski definition) is 2. The Bertz CT molecular complexity index is 516. The van der Waals surface area contributed by atoms with Gasteiger partial charge in [-0.15, -0.1) is 0 Å². The predicted molar refractivity (Wildman–Crippen MR) is 83.7 cm³/mol. The van der Waals surface area contributed by atoms with Crippen LogP contribution in [0.25, 0.3) is 0 Å². The molecule has 3 fully saturated rings. The number of aryl methyl sites for hydroxylation is 1. The summed E-state index contributed by atoms with van der Waals surface area (Å²) >= 11 is 3.51. The van der Waals surface area contributed by atoms with Crippen LogP contribution in [0.3, 0.4) is 0 Å². The molecule has 1 amide bonds. The molecule has 0 spiro atoms. The fraction of sp³-hybridized carbons (Fsp3) is 0.533. The summed E-state index contributed by atoms with van der Waals surface area (Å²) in [6.07, 6.45) is 0. The monoisotopic (exact) mass is 373 g/mol. The number of anilines is 1. The van der Waals surface area contributed by atoms with Gasteiger partial charge in [-0.3, -0.25) is 9.69 Å². The average molecular weight is 375 g/mol. The van der Waals surface area contributed by atoms with Crippen LogP contribution in [-0.2, 0) is 4.79 Å². The smallest absolute Gasteiger partial charge is 0.279 e. The third-order valence-corrected chi connectivity index (χ3v) is 5.21. The molecule has 3 heterocycles. The standard InChI is InChI=1S/C15H20BrN3O.ClH/c1-12-2-3-14(13(16)10-12)17-15(20)11-19-7-4-18(5-8-19)6-9-19;/h2-3,10H,4-9,11H2,1H3;1H. The number of benzene rings is 1. The molecule has 1 aromatic carbocycles. The van der Waals surface area contributed by atoms with Gasteiger partial charge in [0.15, 0.2) is 6.54 Å². The van der Waals surface area contributed by atoms with Crippen LogP contribution < -0.4 is 17.7 Å². The van der Waals surface area contributed by atoms with Crippen molar-refractivity contribution in [1.29, 1.82) is 0 Å². The molecule has 3 aliphatic rings. The van der Waals surface area contributed by atoms with E-state index in [4.69, 9.17) is 0 Å². The van der Waals surface area contributed by atoms with E-state index in [1.54, 1.807) is 0 Å².